The predicted octanol–water partition coefficient (Wildman–Crippen LogP) is 1.36. The van der Waals surface area contributed by atoms with Crippen molar-refractivity contribution in [2.75, 3.05) is 7.05 Å². The summed E-state index contributed by atoms with van der Waals surface area (Å²) in [5.41, 5.74) is 5.38. The molecule has 1 aliphatic rings. The Hall–Kier alpha value is -0.670. The molecule has 1 aromatic rings. The maximum absolute atomic E-state index is 12.2. The second-order valence-corrected chi connectivity index (χ2v) is 8.61. The summed E-state index contributed by atoms with van der Waals surface area (Å²) in [6.07, 6.45) is 4.51. The van der Waals surface area contributed by atoms with Crippen LogP contribution in [0.4, 0.5) is 0 Å². The molecule has 9 heteroatoms. The van der Waals surface area contributed by atoms with Crippen LogP contribution in [-0.4, -0.2) is 26.9 Å². The number of nitrogens with one attached hydrogen (secondary N) is 2. The van der Waals surface area contributed by atoms with Crippen LogP contribution in [0, 0.1) is 0 Å². The van der Waals surface area contributed by atoms with Crippen LogP contribution < -0.4 is 15.8 Å². The topological polar surface area (TPSA) is 101 Å². The van der Waals surface area contributed by atoms with Gasteiger partial charge in [0.15, 0.2) is 0 Å². The van der Waals surface area contributed by atoms with Gasteiger partial charge in [0.1, 0.15) is 4.21 Å². The number of rotatable bonds is 5. The fourth-order valence-corrected chi connectivity index (χ4v) is 4.58. The summed E-state index contributed by atoms with van der Waals surface area (Å²) >= 11 is 1.15. The maximum Gasteiger partial charge on any atom is 0.249 e. The van der Waals surface area contributed by atoms with Crippen LogP contribution in [0.5, 0.6) is 0 Å². The number of thiophene rings is 1. The molecule has 0 aromatic carbocycles. The number of amides is 1. The molecule has 1 aliphatic carbocycles. The Morgan fingerprint density at radius 2 is 1.95 bits per heavy atom. The first kappa shape index (κ1) is 19.4. The minimum absolute atomic E-state index is 0. The Bertz CT molecular complexity index is 610. The van der Waals surface area contributed by atoms with Crippen molar-refractivity contribution in [3.05, 3.63) is 17.0 Å². The van der Waals surface area contributed by atoms with E-state index in [1.807, 2.05) is 0 Å². The van der Waals surface area contributed by atoms with Crippen LogP contribution >= 0.6 is 23.7 Å². The molecule has 0 spiro atoms. The molecular formula is C13H22ClN3O3S2. The molecular weight excluding hydrogens is 346 g/mol. The lowest BCUT2D eigenvalue weighted by atomic mass is 9.82. The molecule has 6 nitrogen and oxygen atoms in total. The third-order valence-corrected chi connectivity index (χ3v) is 6.78. The lowest BCUT2D eigenvalue weighted by molar-refractivity contribution is -0.127. The molecule has 1 saturated carbocycles. The summed E-state index contributed by atoms with van der Waals surface area (Å²) in [4.78, 5) is 13.0. The summed E-state index contributed by atoms with van der Waals surface area (Å²) in [5.74, 6) is -0.145. The molecule has 0 radical (unpaired) electrons. The van der Waals surface area contributed by atoms with Gasteiger partial charge in [-0.3, -0.25) is 4.79 Å². The molecule has 0 bridgehead atoms. The largest absolute Gasteiger partial charge is 0.350 e. The first-order valence-corrected chi connectivity index (χ1v) is 9.27. The van der Waals surface area contributed by atoms with Gasteiger partial charge in [0.25, 0.3) is 0 Å². The molecule has 2 rings (SSSR count). The van der Waals surface area contributed by atoms with E-state index in [0.717, 1.165) is 35.5 Å². The summed E-state index contributed by atoms with van der Waals surface area (Å²) in [6.45, 7) is 0.307. The van der Waals surface area contributed by atoms with E-state index in [1.165, 1.54) is 13.1 Å². The van der Waals surface area contributed by atoms with Crippen LogP contribution in [0.2, 0.25) is 0 Å². The highest BCUT2D eigenvalue weighted by Gasteiger charge is 2.34. The number of hydrogen-bond acceptors (Lipinski definition) is 5. The quantitative estimate of drug-likeness (QED) is 0.731. The van der Waals surface area contributed by atoms with Gasteiger partial charge in [0.2, 0.25) is 15.9 Å². The average Bonchev–Trinajstić information content (AvgIpc) is 2.95. The van der Waals surface area contributed by atoms with Gasteiger partial charge in [-0.05, 0) is 32.0 Å². The minimum Gasteiger partial charge on any atom is -0.350 e. The van der Waals surface area contributed by atoms with E-state index in [1.54, 1.807) is 6.07 Å². The van der Waals surface area contributed by atoms with Gasteiger partial charge in [0.05, 0.1) is 12.1 Å². The van der Waals surface area contributed by atoms with Crippen LogP contribution in [0.3, 0.4) is 0 Å². The van der Waals surface area contributed by atoms with Gasteiger partial charge in [0, 0.05) is 4.88 Å². The zero-order chi connectivity index (χ0) is 15.5. The number of hydrogen-bond donors (Lipinski definition) is 3. The number of halogens is 1. The smallest absolute Gasteiger partial charge is 0.249 e. The van der Waals surface area contributed by atoms with E-state index >= 15 is 0 Å². The monoisotopic (exact) mass is 367 g/mol. The Labute approximate surface area is 141 Å². The normalized spacial score (nSPS) is 17.5. The van der Waals surface area contributed by atoms with Crippen LogP contribution in [0.1, 0.15) is 37.0 Å². The number of carbonyl (C=O) groups excluding carboxylic acids is 1. The van der Waals surface area contributed by atoms with Gasteiger partial charge in [-0.1, -0.05) is 19.3 Å². The molecule has 22 heavy (non-hydrogen) atoms. The zero-order valence-corrected chi connectivity index (χ0v) is 14.9. The third-order valence-electron chi connectivity index (χ3n) is 3.79. The molecule has 0 aliphatic heterocycles. The fraction of sp³-hybridized carbons (Fsp3) is 0.615. The van der Waals surface area contributed by atoms with Crippen molar-refractivity contribution in [3.63, 3.8) is 0 Å². The molecule has 0 unspecified atom stereocenters. The van der Waals surface area contributed by atoms with Crippen molar-refractivity contribution in [2.45, 2.75) is 48.4 Å². The summed E-state index contributed by atoms with van der Waals surface area (Å²) in [5, 5.41) is 2.82. The van der Waals surface area contributed by atoms with Gasteiger partial charge in [-0.25, -0.2) is 13.1 Å². The molecule has 126 valence electrons. The standard InChI is InChI=1S/C13H21N3O3S2.ClH/c1-15-21(18,19)11-6-5-10(20-11)9-16-12(17)13(14)7-3-2-4-8-13;/h5-6,15H,2-4,7-9,14H2,1H3,(H,16,17);1H. The van der Waals surface area contributed by atoms with E-state index in [-0.39, 0.29) is 22.5 Å². The molecule has 1 heterocycles. The Balaban J connectivity index is 0.00000242. The lowest BCUT2D eigenvalue weighted by Crippen LogP contribution is -2.54. The highest BCUT2D eigenvalue weighted by Crippen LogP contribution is 2.26. The maximum atomic E-state index is 12.2. The molecule has 0 atom stereocenters. The summed E-state index contributed by atoms with van der Waals surface area (Å²) in [6, 6.07) is 3.25. The van der Waals surface area contributed by atoms with Crippen molar-refractivity contribution in [3.8, 4) is 0 Å². The molecule has 1 amide bonds. The number of sulfonamides is 1. The number of carbonyl (C=O) groups is 1. The van der Waals surface area contributed by atoms with E-state index in [9.17, 15) is 13.2 Å². The van der Waals surface area contributed by atoms with Crippen molar-refractivity contribution >= 4 is 39.7 Å². The van der Waals surface area contributed by atoms with Gasteiger partial charge >= 0.3 is 0 Å². The third kappa shape index (κ3) is 4.42. The van der Waals surface area contributed by atoms with E-state index in [0.29, 0.717) is 19.4 Å². The van der Waals surface area contributed by atoms with Gasteiger partial charge in [-0.2, -0.15) is 0 Å². The Kier molecular flexibility index (Phi) is 6.82. The van der Waals surface area contributed by atoms with E-state index in [2.05, 4.69) is 10.0 Å². The van der Waals surface area contributed by atoms with E-state index in [4.69, 9.17) is 5.73 Å². The van der Waals surface area contributed by atoms with Crippen LogP contribution in [0.25, 0.3) is 0 Å². The Morgan fingerprint density at radius 1 is 1.32 bits per heavy atom. The van der Waals surface area contributed by atoms with Crippen LogP contribution in [-0.2, 0) is 21.4 Å². The molecule has 1 aromatic heterocycles. The molecule has 1 fully saturated rings. The van der Waals surface area contributed by atoms with E-state index < -0.39 is 15.6 Å². The number of nitrogens with two attached hydrogens (primary N) is 1. The highest BCUT2D eigenvalue weighted by molar-refractivity contribution is 7.91. The van der Waals surface area contributed by atoms with Crippen molar-refractivity contribution in [1.82, 2.24) is 10.0 Å². The average molecular weight is 368 g/mol. The Morgan fingerprint density at radius 3 is 2.55 bits per heavy atom. The van der Waals surface area contributed by atoms with Crippen molar-refractivity contribution in [1.29, 1.82) is 0 Å². The highest BCUT2D eigenvalue weighted by atomic mass is 35.5. The fourth-order valence-electron chi connectivity index (χ4n) is 2.45. The van der Waals surface area contributed by atoms with Gasteiger partial charge in [-0.15, -0.1) is 23.7 Å². The second-order valence-electron chi connectivity index (χ2n) is 5.33. The summed E-state index contributed by atoms with van der Waals surface area (Å²) < 4.78 is 25.8. The van der Waals surface area contributed by atoms with Crippen molar-refractivity contribution < 1.29 is 13.2 Å². The molecule has 4 N–H and O–H groups in total. The SMILES string of the molecule is CNS(=O)(=O)c1ccc(CNC(=O)C2(N)CCCCC2)s1.Cl. The minimum atomic E-state index is -3.42. The zero-order valence-electron chi connectivity index (χ0n) is 12.4. The first-order valence-electron chi connectivity index (χ1n) is 6.97. The predicted molar refractivity (Wildman–Crippen MR) is 89.7 cm³/mol. The first-order chi connectivity index (χ1) is 9.87. The molecule has 0 saturated heterocycles. The second kappa shape index (κ2) is 7.74. The lowest BCUT2D eigenvalue weighted by Gasteiger charge is -2.31. The van der Waals surface area contributed by atoms with Gasteiger partial charge < -0.3 is 11.1 Å². The van der Waals surface area contributed by atoms with Crippen LogP contribution in [0.15, 0.2) is 16.3 Å². The summed E-state index contributed by atoms with van der Waals surface area (Å²) in [7, 11) is -2.04. The van der Waals surface area contributed by atoms with Crippen molar-refractivity contribution in [2.24, 2.45) is 5.73 Å².